The fourth-order valence-corrected chi connectivity index (χ4v) is 3.73. The van der Waals surface area contributed by atoms with Crippen molar-refractivity contribution in [1.82, 2.24) is 24.8 Å². The molecule has 3 heterocycles. The van der Waals surface area contributed by atoms with Crippen LogP contribution >= 0.6 is 11.6 Å². The summed E-state index contributed by atoms with van der Waals surface area (Å²) in [7, 11) is 0. The Labute approximate surface area is 181 Å². The van der Waals surface area contributed by atoms with E-state index < -0.39 is 0 Å². The number of aliphatic hydroxyl groups is 1. The maximum absolute atomic E-state index is 9.74. The molecule has 0 saturated carbocycles. The van der Waals surface area contributed by atoms with Crippen molar-refractivity contribution in [2.24, 2.45) is 0 Å². The van der Waals surface area contributed by atoms with Crippen LogP contribution in [-0.2, 0) is 13.1 Å². The van der Waals surface area contributed by atoms with Crippen LogP contribution in [0.25, 0.3) is 11.6 Å². The van der Waals surface area contributed by atoms with Gasteiger partial charge < -0.3 is 10.4 Å². The Morgan fingerprint density at radius 1 is 1.03 bits per heavy atom. The Morgan fingerprint density at radius 2 is 1.73 bits per heavy atom. The van der Waals surface area contributed by atoms with Gasteiger partial charge >= 0.3 is 0 Å². The third-order valence-electron chi connectivity index (χ3n) is 5.37. The van der Waals surface area contributed by atoms with Crippen molar-refractivity contribution in [3.8, 4) is 11.6 Å². The Balaban J connectivity index is 1.51. The zero-order chi connectivity index (χ0) is 20.9. The lowest BCUT2D eigenvalue weighted by atomic mass is 10.0. The normalized spacial score (nSPS) is 15.3. The summed E-state index contributed by atoms with van der Waals surface area (Å²) in [5, 5.41) is 13.5. The molecule has 0 aliphatic carbocycles. The molecule has 7 nitrogen and oxygen atoms in total. The first-order chi connectivity index (χ1) is 14.6. The molecule has 0 amide bonds. The molecular weight excluding hydrogens is 400 g/mol. The predicted molar refractivity (Wildman–Crippen MR) is 117 cm³/mol. The average molecular weight is 425 g/mol. The molecule has 0 unspecified atom stereocenters. The third kappa shape index (κ3) is 4.92. The van der Waals surface area contributed by atoms with Crippen LogP contribution in [0.2, 0.25) is 5.15 Å². The van der Waals surface area contributed by atoms with Crippen LogP contribution in [-0.4, -0.2) is 49.1 Å². The van der Waals surface area contributed by atoms with Crippen molar-refractivity contribution in [1.29, 1.82) is 0 Å². The van der Waals surface area contributed by atoms with Crippen molar-refractivity contribution < 1.29 is 5.11 Å². The van der Waals surface area contributed by atoms with Crippen molar-refractivity contribution in [3.05, 3.63) is 64.6 Å². The Morgan fingerprint density at radius 3 is 2.47 bits per heavy atom. The van der Waals surface area contributed by atoms with E-state index in [1.165, 1.54) is 11.1 Å². The molecule has 2 N–H and O–H groups in total. The van der Waals surface area contributed by atoms with E-state index in [4.69, 9.17) is 11.6 Å². The summed E-state index contributed by atoms with van der Waals surface area (Å²) in [6.07, 6.45) is 4.82. The minimum atomic E-state index is -0.161. The molecule has 30 heavy (non-hydrogen) atoms. The molecule has 1 aromatic carbocycles. The smallest absolute Gasteiger partial charge is 0.201 e. The number of benzene rings is 1. The van der Waals surface area contributed by atoms with Gasteiger partial charge in [-0.15, -0.1) is 0 Å². The molecule has 2 aromatic heterocycles. The maximum Gasteiger partial charge on any atom is 0.201 e. The number of rotatable bonds is 6. The van der Waals surface area contributed by atoms with Crippen molar-refractivity contribution in [2.45, 2.75) is 39.0 Å². The average Bonchev–Trinajstić information content (AvgIpc) is 2.78. The molecule has 0 bridgehead atoms. The summed E-state index contributed by atoms with van der Waals surface area (Å²) in [5.41, 5.74) is 3.26. The minimum absolute atomic E-state index is 0.161. The maximum atomic E-state index is 9.74. The number of hydrogen-bond donors (Lipinski definition) is 2. The highest BCUT2D eigenvalue weighted by Crippen LogP contribution is 2.24. The van der Waals surface area contributed by atoms with Gasteiger partial charge in [-0.05, 0) is 37.0 Å². The standard InChI is InChI=1S/C22H25ClN6O/c1-15-19(23)27-22(21-24-9-4-10-25-21)28-20(15)26-13-16-5-2-3-6-17(16)14-29-11-7-18(30)8-12-29/h2-6,9-10,18,30H,7-8,11-14H2,1H3,(H,26,27,28). The Hall–Kier alpha value is -2.61. The van der Waals surface area contributed by atoms with Crippen molar-refractivity contribution in [3.63, 3.8) is 0 Å². The van der Waals surface area contributed by atoms with E-state index in [2.05, 4.69) is 48.4 Å². The van der Waals surface area contributed by atoms with Crippen LogP contribution in [0.5, 0.6) is 0 Å². The van der Waals surface area contributed by atoms with Crippen molar-refractivity contribution in [2.75, 3.05) is 18.4 Å². The monoisotopic (exact) mass is 424 g/mol. The number of piperidine rings is 1. The summed E-state index contributed by atoms with van der Waals surface area (Å²) in [6, 6.07) is 10.1. The van der Waals surface area contributed by atoms with Gasteiger partial charge in [-0.25, -0.2) is 19.9 Å². The molecule has 1 fully saturated rings. The first-order valence-electron chi connectivity index (χ1n) is 10.1. The lowest BCUT2D eigenvalue weighted by Crippen LogP contribution is -2.35. The Kier molecular flexibility index (Phi) is 6.52. The van der Waals surface area contributed by atoms with Gasteiger partial charge in [-0.1, -0.05) is 35.9 Å². The predicted octanol–water partition coefficient (Wildman–Crippen LogP) is 3.46. The molecule has 0 spiro atoms. The van der Waals surface area contributed by atoms with Gasteiger partial charge in [0.25, 0.3) is 0 Å². The topological polar surface area (TPSA) is 87.1 Å². The summed E-state index contributed by atoms with van der Waals surface area (Å²) < 4.78 is 0. The first kappa shape index (κ1) is 20.7. The second kappa shape index (κ2) is 9.47. The number of anilines is 1. The summed E-state index contributed by atoms with van der Waals surface area (Å²) in [5.74, 6) is 1.51. The van der Waals surface area contributed by atoms with E-state index in [0.29, 0.717) is 29.2 Å². The van der Waals surface area contributed by atoms with E-state index in [1.807, 2.05) is 13.0 Å². The highest BCUT2D eigenvalue weighted by Gasteiger charge is 2.18. The van der Waals surface area contributed by atoms with Gasteiger partial charge in [0.2, 0.25) is 5.82 Å². The zero-order valence-electron chi connectivity index (χ0n) is 16.9. The number of aromatic nitrogens is 4. The molecule has 1 aliphatic rings. The van der Waals surface area contributed by atoms with Crippen LogP contribution in [0.4, 0.5) is 5.82 Å². The summed E-state index contributed by atoms with van der Waals surface area (Å²) in [4.78, 5) is 19.8. The minimum Gasteiger partial charge on any atom is -0.393 e. The fourth-order valence-electron chi connectivity index (χ4n) is 3.56. The van der Waals surface area contributed by atoms with E-state index >= 15 is 0 Å². The van der Waals surface area contributed by atoms with Crippen molar-refractivity contribution >= 4 is 17.4 Å². The first-order valence-corrected chi connectivity index (χ1v) is 10.5. The molecule has 1 aliphatic heterocycles. The number of nitrogens with one attached hydrogen (secondary N) is 1. The van der Waals surface area contributed by atoms with Gasteiger partial charge in [0.1, 0.15) is 11.0 Å². The molecule has 0 atom stereocenters. The number of nitrogens with zero attached hydrogens (tertiary/aromatic N) is 5. The third-order valence-corrected chi connectivity index (χ3v) is 5.74. The number of likely N-dealkylation sites (tertiary alicyclic amines) is 1. The fraction of sp³-hybridized carbons (Fsp3) is 0.364. The number of hydrogen-bond acceptors (Lipinski definition) is 7. The molecule has 8 heteroatoms. The van der Waals surface area contributed by atoms with Crippen LogP contribution in [0.1, 0.15) is 29.5 Å². The van der Waals surface area contributed by atoms with Crippen LogP contribution in [0, 0.1) is 6.92 Å². The van der Waals surface area contributed by atoms with Gasteiger partial charge in [0.15, 0.2) is 5.82 Å². The molecule has 3 aromatic rings. The highest BCUT2D eigenvalue weighted by atomic mass is 35.5. The number of aliphatic hydroxyl groups excluding tert-OH is 1. The summed E-state index contributed by atoms with van der Waals surface area (Å²) in [6.45, 7) is 5.23. The largest absolute Gasteiger partial charge is 0.393 e. The second-order valence-corrected chi connectivity index (χ2v) is 7.87. The van der Waals surface area contributed by atoms with Gasteiger partial charge in [-0.2, -0.15) is 0 Å². The quantitative estimate of drug-likeness (QED) is 0.586. The van der Waals surface area contributed by atoms with E-state index in [-0.39, 0.29) is 6.10 Å². The van der Waals surface area contributed by atoms with Gasteiger partial charge in [-0.3, -0.25) is 4.90 Å². The lowest BCUT2D eigenvalue weighted by Gasteiger charge is -2.30. The van der Waals surface area contributed by atoms with Gasteiger partial charge in [0.05, 0.1) is 6.10 Å². The van der Waals surface area contributed by atoms with E-state index in [9.17, 15) is 5.11 Å². The summed E-state index contributed by atoms with van der Waals surface area (Å²) >= 11 is 6.35. The highest BCUT2D eigenvalue weighted by molar-refractivity contribution is 6.30. The van der Waals surface area contributed by atoms with Crippen LogP contribution in [0.3, 0.4) is 0 Å². The lowest BCUT2D eigenvalue weighted by molar-refractivity contribution is 0.0791. The molecule has 0 radical (unpaired) electrons. The Bertz CT molecular complexity index is 992. The van der Waals surface area contributed by atoms with Crippen LogP contribution < -0.4 is 5.32 Å². The second-order valence-electron chi connectivity index (χ2n) is 7.51. The molecule has 1 saturated heterocycles. The van der Waals surface area contributed by atoms with E-state index in [1.54, 1.807) is 18.5 Å². The van der Waals surface area contributed by atoms with Gasteiger partial charge in [0, 0.05) is 44.1 Å². The SMILES string of the molecule is Cc1c(Cl)nc(-c2ncccn2)nc1NCc1ccccc1CN1CCC(O)CC1. The number of halogens is 1. The van der Waals surface area contributed by atoms with E-state index in [0.717, 1.165) is 38.0 Å². The zero-order valence-corrected chi connectivity index (χ0v) is 17.7. The molecule has 156 valence electrons. The molecule has 4 rings (SSSR count). The van der Waals surface area contributed by atoms with Crippen LogP contribution in [0.15, 0.2) is 42.7 Å². The molecular formula is C22H25ClN6O.